The first-order valence-corrected chi connectivity index (χ1v) is 11.2. The number of carbonyl (C=O) groups is 4. The fourth-order valence-electron chi connectivity index (χ4n) is 3.49. The van der Waals surface area contributed by atoms with E-state index >= 15 is 0 Å². The fourth-order valence-corrected chi connectivity index (χ4v) is 3.63. The summed E-state index contributed by atoms with van der Waals surface area (Å²) in [5, 5.41) is 2.96. The van der Waals surface area contributed by atoms with E-state index in [1.807, 2.05) is 0 Å². The lowest BCUT2D eigenvalue weighted by molar-refractivity contribution is -0.120. The highest BCUT2D eigenvalue weighted by Crippen LogP contribution is 2.27. The van der Waals surface area contributed by atoms with Gasteiger partial charge in [-0.25, -0.2) is 9.59 Å². The van der Waals surface area contributed by atoms with Gasteiger partial charge in [-0.3, -0.25) is 14.5 Å². The number of benzene rings is 1. The molecule has 1 saturated heterocycles. The number of carbonyl (C=O) groups excluding carboxylic acids is 4. The van der Waals surface area contributed by atoms with E-state index in [4.69, 9.17) is 26.4 Å². The minimum atomic E-state index is -0.967. The highest BCUT2D eigenvalue weighted by Gasteiger charge is 2.42. The van der Waals surface area contributed by atoms with Crippen molar-refractivity contribution in [3.8, 4) is 0 Å². The molecule has 188 valence electrons. The molecule has 0 saturated carbocycles. The summed E-state index contributed by atoms with van der Waals surface area (Å²) in [4.78, 5) is 53.9. The molecule has 0 spiro atoms. The number of hydrogen-bond donors (Lipinski definition) is 1. The van der Waals surface area contributed by atoms with Crippen molar-refractivity contribution >= 4 is 46.8 Å². The molecule has 3 amide bonds. The van der Waals surface area contributed by atoms with Crippen molar-refractivity contribution in [3.63, 3.8) is 0 Å². The smallest absolute Gasteiger partial charge is 0.410 e. The molecule has 1 heterocycles. The van der Waals surface area contributed by atoms with Gasteiger partial charge in [0, 0.05) is 27.4 Å². The number of nitrogens with zero attached hydrogens (tertiary/aromatic N) is 2. The normalized spacial score (nSPS) is 16.6. The molecule has 0 aromatic heterocycles. The zero-order chi connectivity index (χ0) is 26.1. The van der Waals surface area contributed by atoms with Gasteiger partial charge in [0.25, 0.3) is 5.91 Å². The number of nitrogens with one attached hydrogen (secondary N) is 1. The van der Waals surface area contributed by atoms with Crippen LogP contribution in [0, 0.1) is 0 Å². The second-order valence-corrected chi connectivity index (χ2v) is 8.38. The predicted octanol–water partition coefficient (Wildman–Crippen LogP) is 2.80. The van der Waals surface area contributed by atoms with Crippen molar-refractivity contribution in [2.75, 3.05) is 39.2 Å². The molecular weight excluding hydrogens is 474 g/mol. The third-order valence-corrected chi connectivity index (χ3v) is 5.05. The van der Waals surface area contributed by atoms with E-state index in [-0.39, 0.29) is 48.0 Å². The number of likely N-dealkylation sites (tertiary alicyclic amines) is 1. The largest absolute Gasteiger partial charge is 0.482 e. The minimum Gasteiger partial charge on any atom is -0.482 e. The van der Waals surface area contributed by atoms with Crippen molar-refractivity contribution in [2.45, 2.75) is 25.5 Å². The van der Waals surface area contributed by atoms with E-state index in [9.17, 15) is 19.2 Å². The SMILES string of the molecule is C=CCOC(=O)c1cccc(NC(=O)[C@@H]2C[C@H](OC(C)=S)CN2C(=O)OCC=C)c1C(=O)N(C)C. The Morgan fingerprint density at radius 2 is 1.83 bits per heavy atom. The van der Waals surface area contributed by atoms with E-state index in [2.05, 4.69) is 18.5 Å². The molecule has 11 heteroatoms. The van der Waals surface area contributed by atoms with Crippen molar-refractivity contribution in [2.24, 2.45) is 0 Å². The van der Waals surface area contributed by atoms with Gasteiger partial charge < -0.3 is 24.4 Å². The lowest BCUT2D eigenvalue weighted by atomic mass is 10.0. The molecule has 0 radical (unpaired) electrons. The Morgan fingerprint density at radius 3 is 2.43 bits per heavy atom. The second-order valence-electron chi connectivity index (χ2n) is 7.80. The van der Waals surface area contributed by atoms with Crippen LogP contribution in [0.15, 0.2) is 43.5 Å². The van der Waals surface area contributed by atoms with Crippen LogP contribution < -0.4 is 5.32 Å². The quantitative estimate of drug-likeness (QED) is 0.311. The van der Waals surface area contributed by atoms with Gasteiger partial charge in [0.05, 0.1) is 23.4 Å². The molecule has 1 aliphatic rings. The molecule has 1 N–H and O–H groups in total. The summed E-state index contributed by atoms with van der Waals surface area (Å²) in [6.07, 6.45) is 1.74. The number of amides is 3. The van der Waals surface area contributed by atoms with Crippen molar-refractivity contribution in [1.29, 1.82) is 0 Å². The number of hydrogen-bond acceptors (Lipinski definition) is 8. The number of thiocarbonyl (C=S) groups is 1. The Kier molecular flexibility index (Phi) is 9.95. The molecule has 1 aliphatic heterocycles. The summed E-state index contributed by atoms with van der Waals surface area (Å²) in [6.45, 7) is 8.61. The maximum atomic E-state index is 13.3. The highest BCUT2D eigenvalue weighted by molar-refractivity contribution is 7.80. The first kappa shape index (κ1) is 27.5. The first-order valence-electron chi connectivity index (χ1n) is 10.8. The third-order valence-electron chi connectivity index (χ3n) is 4.95. The number of anilines is 1. The van der Waals surface area contributed by atoms with Crippen LogP contribution >= 0.6 is 12.2 Å². The van der Waals surface area contributed by atoms with Crippen molar-refractivity contribution in [3.05, 3.63) is 54.6 Å². The Labute approximate surface area is 209 Å². The van der Waals surface area contributed by atoms with Crippen LogP contribution in [0.2, 0.25) is 0 Å². The average molecular weight is 504 g/mol. The topological polar surface area (TPSA) is 114 Å². The van der Waals surface area contributed by atoms with Gasteiger partial charge in [0.2, 0.25) is 5.91 Å². The Bertz CT molecular complexity index is 1020. The van der Waals surface area contributed by atoms with Gasteiger partial charge in [0.15, 0.2) is 5.05 Å². The molecular formula is C24H29N3O7S. The van der Waals surface area contributed by atoms with E-state index in [0.29, 0.717) is 0 Å². The van der Waals surface area contributed by atoms with E-state index < -0.39 is 36.0 Å². The number of esters is 1. The highest BCUT2D eigenvalue weighted by atomic mass is 32.1. The maximum Gasteiger partial charge on any atom is 0.410 e. The summed E-state index contributed by atoms with van der Waals surface area (Å²) in [6, 6.07) is 3.46. The molecule has 1 aromatic rings. The second kappa shape index (κ2) is 12.7. The molecule has 0 aliphatic carbocycles. The zero-order valence-corrected chi connectivity index (χ0v) is 20.8. The van der Waals surface area contributed by atoms with E-state index in [1.165, 1.54) is 54.2 Å². The van der Waals surface area contributed by atoms with Gasteiger partial charge >= 0.3 is 12.1 Å². The molecule has 35 heavy (non-hydrogen) atoms. The molecule has 1 fully saturated rings. The van der Waals surface area contributed by atoms with Crippen LogP contribution in [0.4, 0.5) is 10.5 Å². The summed E-state index contributed by atoms with van der Waals surface area (Å²) >= 11 is 4.99. The van der Waals surface area contributed by atoms with Crippen LogP contribution in [0.1, 0.15) is 34.1 Å². The summed E-state index contributed by atoms with van der Waals surface area (Å²) in [7, 11) is 3.04. The van der Waals surface area contributed by atoms with Crippen LogP contribution in [-0.4, -0.2) is 84.7 Å². The molecule has 1 aromatic carbocycles. The van der Waals surface area contributed by atoms with Gasteiger partial charge in [-0.2, -0.15) is 0 Å². The molecule has 2 rings (SSSR count). The van der Waals surface area contributed by atoms with Crippen LogP contribution in [0.3, 0.4) is 0 Å². The van der Waals surface area contributed by atoms with Gasteiger partial charge in [0.1, 0.15) is 25.4 Å². The first-order chi connectivity index (χ1) is 16.6. The maximum absolute atomic E-state index is 13.3. The van der Waals surface area contributed by atoms with Crippen molar-refractivity contribution < 1.29 is 33.4 Å². The lowest BCUT2D eigenvalue weighted by Crippen LogP contribution is -2.43. The fraction of sp³-hybridized carbons (Fsp3) is 0.375. The number of ether oxygens (including phenoxy) is 3. The van der Waals surface area contributed by atoms with E-state index in [1.54, 1.807) is 6.92 Å². The van der Waals surface area contributed by atoms with Crippen LogP contribution in [-0.2, 0) is 19.0 Å². The van der Waals surface area contributed by atoms with Gasteiger partial charge in [-0.15, -0.1) is 0 Å². The predicted molar refractivity (Wildman–Crippen MR) is 133 cm³/mol. The van der Waals surface area contributed by atoms with E-state index in [0.717, 1.165) is 0 Å². The summed E-state index contributed by atoms with van der Waals surface area (Å²) in [5.74, 6) is -1.85. The Balaban J connectivity index is 2.39. The number of rotatable bonds is 9. The standard InChI is InChI=1S/C24H29N3O7S/c1-6-11-32-23(30)17-9-8-10-18(20(17)22(29)26(4)5)25-21(28)19-13-16(34-15(3)35)14-27(19)24(31)33-12-7-2/h6-10,16,19H,1-2,11-14H2,3-5H3,(H,25,28)/t16-,19-/m0/s1. The van der Waals surface area contributed by atoms with Gasteiger partial charge in [-0.05, 0) is 24.4 Å². The summed E-state index contributed by atoms with van der Waals surface area (Å²) < 4.78 is 15.8. The van der Waals surface area contributed by atoms with Crippen molar-refractivity contribution in [1.82, 2.24) is 9.80 Å². The summed E-state index contributed by atoms with van der Waals surface area (Å²) in [5.41, 5.74) is 0.0346. The molecule has 0 unspecified atom stereocenters. The molecule has 2 atom stereocenters. The third kappa shape index (κ3) is 7.12. The lowest BCUT2D eigenvalue weighted by Gasteiger charge is -2.24. The van der Waals surface area contributed by atoms with Crippen LogP contribution in [0.5, 0.6) is 0 Å². The van der Waals surface area contributed by atoms with Crippen LogP contribution in [0.25, 0.3) is 0 Å². The minimum absolute atomic E-state index is 0.0189. The molecule has 0 bridgehead atoms. The average Bonchev–Trinajstić information content (AvgIpc) is 3.23. The molecule has 10 nitrogen and oxygen atoms in total. The zero-order valence-electron chi connectivity index (χ0n) is 19.9. The Morgan fingerprint density at radius 1 is 1.17 bits per heavy atom. The Hall–Kier alpha value is -3.73. The van der Waals surface area contributed by atoms with Gasteiger partial charge in [-0.1, -0.05) is 31.4 Å². The monoisotopic (exact) mass is 503 g/mol.